The third kappa shape index (κ3) is 15.5. The molecule has 33 heavy (non-hydrogen) atoms. The van der Waals surface area contributed by atoms with E-state index in [1.807, 2.05) is 72.8 Å². The normalized spacial score (nSPS) is 8.79. The molecule has 0 fully saturated rings. The third-order valence-electron chi connectivity index (χ3n) is 3.18. The van der Waals surface area contributed by atoms with Crippen LogP contribution in [0, 0.1) is 7.43 Å². The van der Waals surface area contributed by atoms with Crippen molar-refractivity contribution in [3.05, 3.63) is 105 Å². The van der Waals surface area contributed by atoms with Gasteiger partial charge in [0.15, 0.2) is 0 Å². The zero-order valence-electron chi connectivity index (χ0n) is 17.5. The smallest absolute Gasteiger partial charge is 0.394 e. The van der Waals surface area contributed by atoms with E-state index in [0.29, 0.717) is 0 Å². The van der Waals surface area contributed by atoms with Gasteiger partial charge in [0.2, 0.25) is 0 Å². The molecule has 1 radical (unpaired) electrons. The van der Waals surface area contributed by atoms with E-state index in [9.17, 15) is 0 Å². The molecule has 4 aromatic heterocycles. The van der Waals surface area contributed by atoms with Gasteiger partial charge in [-0.15, -0.1) is 0 Å². The number of aromatic nitrogens is 4. The molecule has 0 saturated heterocycles. The standard InChI is InChI=1S/2C10H8N2.CH3.Ir.H2O4S.2H2O/c2*1-3-7-11-9(5-1)10-6-2-4-8-12-10;;;1-5(2,3)4;;/h2*1-8H;1H3;;(H2,1,2,3,4);2*1H2/q;;-1;;;;. The van der Waals surface area contributed by atoms with Crippen molar-refractivity contribution < 1.29 is 48.6 Å². The summed E-state index contributed by atoms with van der Waals surface area (Å²) in [6.45, 7) is 0. The topological polar surface area (TPSA) is 189 Å². The summed E-state index contributed by atoms with van der Waals surface area (Å²) in [5.74, 6) is 0. The molecule has 0 bridgehead atoms. The van der Waals surface area contributed by atoms with Crippen LogP contribution in [0.4, 0.5) is 0 Å². The van der Waals surface area contributed by atoms with Gasteiger partial charge in [-0.25, -0.2) is 0 Å². The Kier molecular flexibility index (Phi) is 19.5. The van der Waals surface area contributed by atoms with Crippen LogP contribution < -0.4 is 0 Å². The summed E-state index contributed by atoms with van der Waals surface area (Å²) in [6, 6.07) is 23.2. The summed E-state index contributed by atoms with van der Waals surface area (Å²) in [6.07, 6.45) is 7.07. The number of pyridine rings is 4. The molecule has 181 valence electrons. The van der Waals surface area contributed by atoms with E-state index < -0.39 is 10.4 Å². The minimum atomic E-state index is -4.67. The van der Waals surface area contributed by atoms with E-state index >= 15 is 0 Å². The first-order valence-electron chi connectivity index (χ1n) is 8.28. The van der Waals surface area contributed by atoms with Crippen molar-refractivity contribution >= 4 is 10.4 Å². The van der Waals surface area contributed by atoms with E-state index in [2.05, 4.69) is 19.9 Å². The summed E-state index contributed by atoms with van der Waals surface area (Å²) < 4.78 is 31.6. The molecule has 4 rings (SSSR count). The Hall–Kier alpha value is -2.96. The molecule has 0 spiro atoms. The Labute approximate surface area is 206 Å². The average molecular weight is 654 g/mol. The number of hydrogen-bond donors (Lipinski definition) is 2. The summed E-state index contributed by atoms with van der Waals surface area (Å²) in [4.78, 5) is 16.7. The van der Waals surface area contributed by atoms with E-state index in [0.717, 1.165) is 22.8 Å². The Bertz CT molecular complexity index is 921. The Morgan fingerprint density at radius 1 is 0.515 bits per heavy atom. The van der Waals surface area contributed by atoms with Gasteiger partial charge in [0.25, 0.3) is 0 Å². The first-order valence-corrected chi connectivity index (χ1v) is 9.68. The molecule has 0 amide bonds. The van der Waals surface area contributed by atoms with Crippen molar-refractivity contribution in [2.24, 2.45) is 0 Å². The van der Waals surface area contributed by atoms with Crippen LogP contribution in [-0.4, -0.2) is 48.4 Å². The quantitative estimate of drug-likeness (QED) is 0.244. The molecule has 4 aromatic rings. The van der Waals surface area contributed by atoms with Gasteiger partial charge in [-0.2, -0.15) is 8.42 Å². The molecule has 0 aliphatic heterocycles. The maximum Gasteiger partial charge on any atom is 0.394 e. The largest absolute Gasteiger partial charge is 0.412 e. The monoisotopic (exact) mass is 654 g/mol. The summed E-state index contributed by atoms with van der Waals surface area (Å²) in [5.41, 5.74) is 3.66. The van der Waals surface area contributed by atoms with Crippen LogP contribution in [0.2, 0.25) is 0 Å². The fourth-order valence-corrected chi connectivity index (χ4v) is 2.06. The van der Waals surface area contributed by atoms with Crippen molar-refractivity contribution in [3.8, 4) is 22.8 Å². The molecular formula is C21H25IrN4O6S-. The predicted molar refractivity (Wildman–Crippen MR) is 123 cm³/mol. The molecule has 0 aliphatic carbocycles. The van der Waals surface area contributed by atoms with Crippen LogP contribution in [0.3, 0.4) is 0 Å². The Morgan fingerprint density at radius 3 is 0.818 bits per heavy atom. The van der Waals surface area contributed by atoms with Crippen LogP contribution in [-0.2, 0) is 30.5 Å². The molecule has 12 heteroatoms. The first-order chi connectivity index (χ1) is 13.9. The zero-order valence-corrected chi connectivity index (χ0v) is 20.7. The number of rotatable bonds is 2. The fraction of sp³-hybridized carbons (Fsp3) is 0. The number of hydrogen-bond acceptors (Lipinski definition) is 6. The van der Waals surface area contributed by atoms with Gasteiger partial charge in [0.1, 0.15) is 0 Å². The van der Waals surface area contributed by atoms with Gasteiger partial charge < -0.3 is 18.4 Å². The molecule has 0 unspecified atom stereocenters. The van der Waals surface area contributed by atoms with Gasteiger partial charge in [0.05, 0.1) is 22.8 Å². The second-order valence-corrected chi connectivity index (χ2v) is 6.20. The van der Waals surface area contributed by atoms with E-state index in [1.165, 1.54) is 0 Å². The van der Waals surface area contributed by atoms with Gasteiger partial charge in [-0.1, -0.05) is 24.3 Å². The minimum absolute atomic E-state index is 0. The molecule has 4 heterocycles. The minimum Gasteiger partial charge on any atom is -0.412 e. The number of nitrogens with zero attached hydrogens (tertiary/aromatic N) is 4. The van der Waals surface area contributed by atoms with Crippen LogP contribution in [0.5, 0.6) is 0 Å². The summed E-state index contributed by atoms with van der Waals surface area (Å²) in [7, 11) is -4.67. The van der Waals surface area contributed by atoms with Crippen molar-refractivity contribution in [3.63, 3.8) is 0 Å². The Balaban J connectivity index is -0.000000414. The van der Waals surface area contributed by atoms with Crippen LogP contribution in [0.15, 0.2) is 97.6 Å². The van der Waals surface area contributed by atoms with Crippen molar-refractivity contribution in [2.75, 3.05) is 0 Å². The molecular weight excluding hydrogens is 629 g/mol. The van der Waals surface area contributed by atoms with Gasteiger partial charge >= 0.3 is 10.4 Å². The summed E-state index contributed by atoms with van der Waals surface area (Å²) in [5, 5.41) is 0. The van der Waals surface area contributed by atoms with Gasteiger partial charge in [-0.3, -0.25) is 29.0 Å². The van der Waals surface area contributed by atoms with Crippen molar-refractivity contribution in [1.29, 1.82) is 0 Å². The van der Waals surface area contributed by atoms with E-state index in [-0.39, 0.29) is 38.5 Å². The third-order valence-corrected chi connectivity index (χ3v) is 3.18. The molecule has 10 nitrogen and oxygen atoms in total. The van der Waals surface area contributed by atoms with E-state index in [1.54, 1.807) is 24.8 Å². The molecule has 0 aromatic carbocycles. The van der Waals surface area contributed by atoms with Crippen molar-refractivity contribution in [1.82, 2.24) is 19.9 Å². The first kappa shape index (κ1) is 34.6. The fourth-order valence-electron chi connectivity index (χ4n) is 2.06. The predicted octanol–water partition coefficient (Wildman–Crippen LogP) is 2.43. The maximum atomic E-state index is 8.74. The average Bonchev–Trinajstić information content (AvgIpc) is 2.76. The second-order valence-electron chi connectivity index (χ2n) is 5.31. The maximum absolute atomic E-state index is 8.74. The molecule has 6 N–H and O–H groups in total. The SMILES string of the molecule is O.O.O=S(=O)(O)O.[CH3-].[Ir].c1ccc(-c2ccccn2)nc1.c1ccc(-c2ccccn2)nc1. The second kappa shape index (κ2) is 18.6. The zero-order chi connectivity index (χ0) is 21.0. The van der Waals surface area contributed by atoms with Crippen LogP contribution in [0.1, 0.15) is 0 Å². The van der Waals surface area contributed by atoms with E-state index in [4.69, 9.17) is 17.5 Å². The van der Waals surface area contributed by atoms with Crippen LogP contribution in [0.25, 0.3) is 22.8 Å². The molecule has 0 saturated carbocycles. The van der Waals surface area contributed by atoms with Crippen LogP contribution >= 0.6 is 0 Å². The molecule has 0 atom stereocenters. The summed E-state index contributed by atoms with van der Waals surface area (Å²) >= 11 is 0. The molecule has 0 aliphatic rings. The Morgan fingerprint density at radius 2 is 0.697 bits per heavy atom. The van der Waals surface area contributed by atoms with Crippen molar-refractivity contribution in [2.45, 2.75) is 0 Å². The van der Waals surface area contributed by atoms with Gasteiger partial charge in [0, 0.05) is 44.9 Å². The van der Waals surface area contributed by atoms with Gasteiger partial charge in [-0.05, 0) is 48.5 Å².